The molecule has 1 aromatic carbocycles. The molecule has 0 aliphatic rings. The average Bonchev–Trinajstić information content (AvgIpc) is 2.87. The SMILES string of the molecule is Cc1cccc(-c2noc([C@H](C)NC(=O)C(C)(C)C)n2)c1. The number of amides is 1. The Balaban J connectivity index is 2.14. The Morgan fingerprint density at radius 1 is 1.33 bits per heavy atom. The molecule has 1 atom stereocenters. The van der Waals surface area contributed by atoms with Crippen LogP contribution in [0.4, 0.5) is 0 Å². The molecule has 5 heteroatoms. The van der Waals surface area contributed by atoms with Crippen LogP contribution in [0.3, 0.4) is 0 Å². The van der Waals surface area contributed by atoms with Crippen LogP contribution in [-0.4, -0.2) is 16.0 Å². The van der Waals surface area contributed by atoms with Crippen molar-refractivity contribution in [3.63, 3.8) is 0 Å². The Labute approximate surface area is 124 Å². The molecule has 1 heterocycles. The lowest BCUT2D eigenvalue weighted by Gasteiger charge is -2.19. The van der Waals surface area contributed by atoms with Crippen LogP contribution in [0.25, 0.3) is 11.4 Å². The summed E-state index contributed by atoms with van der Waals surface area (Å²) in [5.74, 6) is 0.889. The zero-order chi connectivity index (χ0) is 15.6. The third-order valence-corrected chi connectivity index (χ3v) is 3.12. The van der Waals surface area contributed by atoms with Gasteiger partial charge >= 0.3 is 0 Å². The first-order valence-electron chi connectivity index (χ1n) is 6.99. The number of hydrogen-bond acceptors (Lipinski definition) is 4. The van der Waals surface area contributed by atoms with E-state index in [-0.39, 0.29) is 11.9 Å². The van der Waals surface area contributed by atoms with Crippen molar-refractivity contribution >= 4 is 5.91 Å². The number of aromatic nitrogens is 2. The number of nitrogens with zero attached hydrogens (tertiary/aromatic N) is 2. The van der Waals surface area contributed by atoms with Crippen LogP contribution in [0.5, 0.6) is 0 Å². The molecule has 0 spiro atoms. The number of carbonyl (C=O) groups excluding carboxylic acids is 1. The van der Waals surface area contributed by atoms with Crippen molar-refractivity contribution < 1.29 is 9.32 Å². The first-order chi connectivity index (χ1) is 9.77. The summed E-state index contributed by atoms with van der Waals surface area (Å²) in [5, 5.41) is 6.86. The fourth-order valence-electron chi connectivity index (χ4n) is 1.79. The van der Waals surface area contributed by atoms with Gasteiger partial charge < -0.3 is 9.84 Å². The molecular weight excluding hydrogens is 266 g/mol. The summed E-state index contributed by atoms with van der Waals surface area (Å²) in [6, 6.07) is 7.57. The van der Waals surface area contributed by atoms with E-state index in [1.54, 1.807) is 0 Å². The van der Waals surface area contributed by atoms with Gasteiger partial charge in [0.15, 0.2) is 0 Å². The second kappa shape index (κ2) is 5.68. The van der Waals surface area contributed by atoms with Crippen LogP contribution in [0.2, 0.25) is 0 Å². The molecule has 0 aliphatic carbocycles. The molecule has 5 nitrogen and oxygen atoms in total. The van der Waals surface area contributed by atoms with Crippen molar-refractivity contribution in [3.8, 4) is 11.4 Å². The van der Waals surface area contributed by atoms with Gasteiger partial charge in [-0.1, -0.05) is 49.7 Å². The van der Waals surface area contributed by atoms with Gasteiger partial charge in [0.1, 0.15) is 6.04 Å². The average molecular weight is 287 g/mol. The molecule has 1 amide bonds. The maximum Gasteiger partial charge on any atom is 0.249 e. The number of aryl methyl sites for hydroxylation is 1. The lowest BCUT2D eigenvalue weighted by molar-refractivity contribution is -0.129. The second-order valence-corrected chi connectivity index (χ2v) is 6.27. The maximum atomic E-state index is 12.0. The van der Waals surface area contributed by atoms with Crippen LogP contribution >= 0.6 is 0 Å². The van der Waals surface area contributed by atoms with Gasteiger partial charge in [-0.15, -0.1) is 0 Å². The van der Waals surface area contributed by atoms with Crippen LogP contribution in [0, 0.1) is 12.3 Å². The molecule has 0 bridgehead atoms. The summed E-state index contributed by atoms with van der Waals surface area (Å²) in [7, 11) is 0. The van der Waals surface area contributed by atoms with E-state index in [0.717, 1.165) is 11.1 Å². The zero-order valence-corrected chi connectivity index (χ0v) is 13.1. The van der Waals surface area contributed by atoms with Crippen molar-refractivity contribution in [2.24, 2.45) is 5.41 Å². The van der Waals surface area contributed by atoms with E-state index in [9.17, 15) is 4.79 Å². The molecule has 0 radical (unpaired) electrons. The maximum absolute atomic E-state index is 12.0. The largest absolute Gasteiger partial charge is 0.344 e. The number of carbonyl (C=O) groups is 1. The van der Waals surface area contributed by atoms with Gasteiger partial charge in [0.2, 0.25) is 17.6 Å². The molecule has 0 fully saturated rings. The predicted molar refractivity (Wildman–Crippen MR) is 80.5 cm³/mol. The molecule has 0 saturated heterocycles. The minimum atomic E-state index is -0.451. The van der Waals surface area contributed by atoms with Crippen molar-refractivity contribution in [2.45, 2.75) is 40.7 Å². The van der Waals surface area contributed by atoms with E-state index >= 15 is 0 Å². The fraction of sp³-hybridized carbons (Fsp3) is 0.438. The van der Waals surface area contributed by atoms with E-state index < -0.39 is 5.41 Å². The molecule has 2 rings (SSSR count). The quantitative estimate of drug-likeness (QED) is 0.940. The van der Waals surface area contributed by atoms with Gasteiger partial charge in [-0.3, -0.25) is 4.79 Å². The smallest absolute Gasteiger partial charge is 0.249 e. The summed E-state index contributed by atoms with van der Waals surface area (Å²) in [5.41, 5.74) is 1.58. The van der Waals surface area contributed by atoms with Crippen LogP contribution in [0.15, 0.2) is 28.8 Å². The Hall–Kier alpha value is -2.17. The highest BCUT2D eigenvalue weighted by Gasteiger charge is 2.25. The predicted octanol–water partition coefficient (Wildman–Crippen LogP) is 3.27. The van der Waals surface area contributed by atoms with Crippen molar-refractivity contribution in [3.05, 3.63) is 35.7 Å². The van der Waals surface area contributed by atoms with E-state index in [4.69, 9.17) is 4.52 Å². The minimum absolute atomic E-state index is 0.0506. The van der Waals surface area contributed by atoms with Gasteiger partial charge in [-0.25, -0.2) is 0 Å². The van der Waals surface area contributed by atoms with Gasteiger partial charge in [-0.05, 0) is 19.9 Å². The number of rotatable bonds is 3. The van der Waals surface area contributed by atoms with Crippen LogP contribution in [-0.2, 0) is 4.79 Å². The molecule has 2 aromatic rings. The topological polar surface area (TPSA) is 68.0 Å². The van der Waals surface area contributed by atoms with Gasteiger partial charge in [-0.2, -0.15) is 4.98 Å². The van der Waals surface area contributed by atoms with Gasteiger partial charge in [0.05, 0.1) is 0 Å². The lowest BCUT2D eigenvalue weighted by Crippen LogP contribution is -2.36. The normalized spacial score (nSPS) is 13.0. The minimum Gasteiger partial charge on any atom is -0.344 e. The number of benzene rings is 1. The van der Waals surface area contributed by atoms with E-state index in [1.165, 1.54) is 0 Å². The van der Waals surface area contributed by atoms with Crippen LogP contribution < -0.4 is 5.32 Å². The summed E-state index contributed by atoms with van der Waals surface area (Å²) in [4.78, 5) is 16.3. The third-order valence-electron chi connectivity index (χ3n) is 3.12. The highest BCUT2D eigenvalue weighted by atomic mass is 16.5. The first kappa shape index (κ1) is 15.2. The van der Waals surface area contributed by atoms with Gasteiger partial charge in [0.25, 0.3) is 0 Å². The Morgan fingerprint density at radius 3 is 2.67 bits per heavy atom. The summed E-state index contributed by atoms with van der Waals surface area (Å²) in [6.07, 6.45) is 0. The molecular formula is C16H21N3O2. The Morgan fingerprint density at radius 2 is 2.05 bits per heavy atom. The molecule has 1 N–H and O–H groups in total. The molecule has 0 unspecified atom stereocenters. The number of hydrogen-bond donors (Lipinski definition) is 1. The van der Waals surface area contributed by atoms with Crippen molar-refractivity contribution in [2.75, 3.05) is 0 Å². The standard InChI is InChI=1S/C16H21N3O2/c1-10-7-6-8-12(9-10)13-18-14(21-19-13)11(2)17-15(20)16(3,4)5/h6-9,11H,1-5H3,(H,17,20)/t11-/m0/s1. The van der Waals surface area contributed by atoms with E-state index in [2.05, 4.69) is 15.5 Å². The van der Waals surface area contributed by atoms with Crippen LogP contribution in [0.1, 0.15) is 45.2 Å². The lowest BCUT2D eigenvalue weighted by atomic mass is 9.95. The second-order valence-electron chi connectivity index (χ2n) is 6.27. The van der Waals surface area contributed by atoms with E-state index in [0.29, 0.717) is 11.7 Å². The van der Waals surface area contributed by atoms with E-state index in [1.807, 2.05) is 58.9 Å². The summed E-state index contributed by atoms with van der Waals surface area (Å²) >= 11 is 0. The monoisotopic (exact) mass is 287 g/mol. The third kappa shape index (κ3) is 3.68. The molecule has 0 aliphatic heterocycles. The van der Waals surface area contributed by atoms with Gasteiger partial charge in [0, 0.05) is 11.0 Å². The number of nitrogens with one attached hydrogen (secondary N) is 1. The molecule has 112 valence electrons. The Bertz CT molecular complexity index is 641. The molecule has 0 saturated carbocycles. The van der Waals surface area contributed by atoms with Crippen molar-refractivity contribution in [1.82, 2.24) is 15.5 Å². The highest BCUT2D eigenvalue weighted by Crippen LogP contribution is 2.21. The molecule has 1 aromatic heterocycles. The Kier molecular flexibility index (Phi) is 4.11. The zero-order valence-electron chi connectivity index (χ0n) is 13.1. The fourth-order valence-corrected chi connectivity index (χ4v) is 1.79. The van der Waals surface area contributed by atoms with Crippen molar-refractivity contribution in [1.29, 1.82) is 0 Å². The summed E-state index contributed by atoms with van der Waals surface area (Å²) in [6.45, 7) is 9.43. The summed E-state index contributed by atoms with van der Waals surface area (Å²) < 4.78 is 5.26. The highest BCUT2D eigenvalue weighted by molar-refractivity contribution is 5.81. The molecule has 21 heavy (non-hydrogen) atoms. The first-order valence-corrected chi connectivity index (χ1v) is 6.99.